The molecule has 5 N–H and O–H groups in total. The molecule has 1 aromatic heterocycles. The van der Waals surface area contributed by atoms with Gasteiger partial charge in [0.05, 0.1) is 16.8 Å². The highest BCUT2D eigenvalue weighted by Crippen LogP contribution is 2.30. The highest BCUT2D eigenvalue weighted by Gasteiger charge is 2.28. The molecular weight excluding hydrogens is 488 g/mol. The van der Waals surface area contributed by atoms with Gasteiger partial charge < -0.3 is 11.1 Å². The molecule has 3 rings (SSSR count). The number of anilines is 3. The number of aromatic nitrogens is 3. The first-order chi connectivity index (χ1) is 14.6. The van der Waals surface area contributed by atoms with Crippen LogP contribution in [0.25, 0.3) is 0 Å². The smallest absolute Gasteiger partial charge is 0.296 e. The van der Waals surface area contributed by atoms with Gasteiger partial charge in [-0.15, -0.1) is 0 Å². The van der Waals surface area contributed by atoms with Crippen LogP contribution < -0.4 is 11.1 Å². The molecule has 0 spiro atoms. The Hall–Kier alpha value is -2.44. The fourth-order valence-corrected chi connectivity index (χ4v) is 5.21. The molecule has 0 unspecified atom stereocenters. The molecule has 17 heteroatoms. The second kappa shape index (κ2) is 8.49. The van der Waals surface area contributed by atoms with Gasteiger partial charge in [0.1, 0.15) is 10.7 Å². The molecule has 14 nitrogen and oxygen atoms in total. The third-order valence-electron chi connectivity index (χ3n) is 4.73. The van der Waals surface area contributed by atoms with Crippen molar-refractivity contribution in [3.8, 4) is 0 Å². The first-order valence-corrected chi connectivity index (χ1v) is 13.7. The van der Waals surface area contributed by atoms with Crippen LogP contribution >= 0.6 is 0 Å². The molecule has 2 heterocycles. The highest BCUT2D eigenvalue weighted by atomic mass is 32.2. The third-order valence-corrected chi connectivity index (χ3v) is 7.80. The van der Waals surface area contributed by atoms with Crippen molar-refractivity contribution in [2.75, 3.05) is 30.4 Å². The van der Waals surface area contributed by atoms with Crippen LogP contribution in [0.1, 0.15) is 24.6 Å². The summed E-state index contributed by atoms with van der Waals surface area (Å²) in [5.41, 5.74) is 5.30. The van der Waals surface area contributed by atoms with Crippen molar-refractivity contribution >= 4 is 47.8 Å². The van der Waals surface area contributed by atoms with Crippen LogP contribution in [0.4, 0.5) is 17.6 Å². The van der Waals surface area contributed by atoms with Crippen molar-refractivity contribution in [3.05, 3.63) is 24.0 Å². The number of piperidine rings is 1. The minimum Gasteiger partial charge on any atom is -0.368 e. The fraction of sp³-hybridized carbons (Fsp3) is 0.400. The van der Waals surface area contributed by atoms with Crippen molar-refractivity contribution in [1.29, 1.82) is 0 Å². The lowest BCUT2D eigenvalue weighted by Crippen LogP contribution is -2.37. The number of nitrogens with two attached hydrogens (primary N) is 1. The van der Waals surface area contributed by atoms with Gasteiger partial charge in [0.15, 0.2) is 0 Å². The van der Waals surface area contributed by atoms with Gasteiger partial charge >= 0.3 is 0 Å². The first-order valence-electron chi connectivity index (χ1n) is 8.97. The summed E-state index contributed by atoms with van der Waals surface area (Å²) >= 11 is 0. The quantitative estimate of drug-likeness (QED) is 0.372. The molecule has 0 aliphatic carbocycles. The van der Waals surface area contributed by atoms with Gasteiger partial charge in [0, 0.05) is 19.0 Å². The van der Waals surface area contributed by atoms with E-state index in [1.165, 1.54) is 4.31 Å². The zero-order valence-electron chi connectivity index (χ0n) is 16.6. The summed E-state index contributed by atoms with van der Waals surface area (Å²) in [7, 11) is -12.8. The predicted octanol–water partition coefficient (Wildman–Crippen LogP) is -0.170. The zero-order chi connectivity index (χ0) is 23.9. The Morgan fingerprint density at radius 1 is 1.00 bits per heavy atom. The van der Waals surface area contributed by atoms with E-state index in [1.54, 1.807) is 0 Å². The molecule has 0 amide bonds. The zero-order valence-corrected chi connectivity index (χ0v) is 19.0. The topological polar surface area (TPSA) is 223 Å². The lowest BCUT2D eigenvalue weighted by atomic mass is 9.97. The van der Waals surface area contributed by atoms with E-state index in [2.05, 4.69) is 20.3 Å². The summed E-state index contributed by atoms with van der Waals surface area (Å²) in [4.78, 5) is 10.8. The van der Waals surface area contributed by atoms with Crippen molar-refractivity contribution in [2.24, 2.45) is 0 Å². The Morgan fingerprint density at radius 3 is 2.16 bits per heavy atom. The van der Waals surface area contributed by atoms with Gasteiger partial charge in [-0.25, -0.2) is 12.7 Å². The third kappa shape index (κ3) is 5.67. The van der Waals surface area contributed by atoms with E-state index in [4.69, 9.17) is 5.73 Å². The van der Waals surface area contributed by atoms with Crippen LogP contribution in [0.2, 0.25) is 0 Å². The van der Waals surface area contributed by atoms with Gasteiger partial charge in [-0.05, 0) is 31.0 Å². The molecular formula is C15H20N6O8S3. The number of nitrogens with zero attached hydrogens (tertiary/aromatic N) is 4. The molecule has 1 fully saturated rings. The standard InChI is InChI=1S/C15H20N6O8S3/c1-30(22,23)21-6-4-9(5-7-21)13-18-14(16)20-15(19-13)17-11-8-10(31(24,25)26)2-3-12(11)32(27,28)29/h2-3,8-9H,4-7H2,1H3,(H,24,25,26)(H,27,28,29)(H3,16,17,18,19,20). The monoisotopic (exact) mass is 508 g/mol. The Labute approximate surface area is 184 Å². The summed E-state index contributed by atoms with van der Waals surface area (Å²) in [6.07, 6.45) is 1.93. The van der Waals surface area contributed by atoms with E-state index in [0.29, 0.717) is 12.8 Å². The van der Waals surface area contributed by atoms with Gasteiger partial charge in [-0.3, -0.25) is 9.11 Å². The number of rotatable bonds is 6. The van der Waals surface area contributed by atoms with Crippen LogP contribution in [0, 0.1) is 0 Å². The molecule has 1 saturated heterocycles. The summed E-state index contributed by atoms with van der Waals surface area (Å²) in [6, 6.07) is 2.36. The van der Waals surface area contributed by atoms with E-state index in [1.807, 2.05) is 0 Å². The van der Waals surface area contributed by atoms with Gasteiger partial charge in [-0.1, -0.05) is 0 Å². The number of sulfonamides is 1. The number of nitrogens with one attached hydrogen (secondary N) is 1. The Bertz CT molecular complexity index is 1350. The Balaban J connectivity index is 1.95. The van der Waals surface area contributed by atoms with E-state index < -0.39 is 45.7 Å². The summed E-state index contributed by atoms with van der Waals surface area (Å²) in [6.45, 7) is 0.502. The number of hydrogen-bond acceptors (Lipinski definition) is 11. The molecule has 176 valence electrons. The number of nitrogen functional groups attached to an aromatic ring is 1. The maximum atomic E-state index is 11.7. The second-order valence-electron chi connectivity index (χ2n) is 7.04. The fourth-order valence-electron chi connectivity index (χ4n) is 3.21. The Morgan fingerprint density at radius 2 is 1.62 bits per heavy atom. The lowest BCUT2D eigenvalue weighted by Gasteiger charge is -2.29. The molecule has 1 aromatic carbocycles. The van der Waals surface area contributed by atoms with Crippen molar-refractivity contribution in [1.82, 2.24) is 19.3 Å². The van der Waals surface area contributed by atoms with Crippen LogP contribution in [0.5, 0.6) is 0 Å². The molecule has 32 heavy (non-hydrogen) atoms. The maximum Gasteiger partial charge on any atom is 0.296 e. The van der Waals surface area contributed by atoms with Gasteiger partial charge in [-0.2, -0.15) is 31.8 Å². The molecule has 1 aliphatic rings. The SMILES string of the molecule is CS(=O)(=O)N1CCC(c2nc(N)nc(Nc3cc(S(=O)(=O)O)ccc3S(=O)(=O)O)n2)CC1. The summed E-state index contributed by atoms with van der Waals surface area (Å²) in [5.74, 6) is -0.491. The minimum absolute atomic E-state index is 0.220. The predicted molar refractivity (Wildman–Crippen MR) is 112 cm³/mol. The van der Waals surface area contributed by atoms with E-state index >= 15 is 0 Å². The highest BCUT2D eigenvalue weighted by molar-refractivity contribution is 7.88. The minimum atomic E-state index is -4.78. The van der Waals surface area contributed by atoms with Crippen molar-refractivity contribution in [2.45, 2.75) is 28.6 Å². The average molecular weight is 509 g/mol. The number of benzene rings is 1. The normalized spacial score (nSPS) is 16.7. The molecule has 0 saturated carbocycles. The lowest BCUT2D eigenvalue weighted by molar-refractivity contribution is 0.315. The average Bonchev–Trinajstić information content (AvgIpc) is 2.65. The van der Waals surface area contributed by atoms with E-state index in [9.17, 15) is 34.4 Å². The number of hydrogen-bond donors (Lipinski definition) is 4. The summed E-state index contributed by atoms with van der Waals surface area (Å²) in [5, 5.41) is 2.48. The molecule has 0 radical (unpaired) electrons. The van der Waals surface area contributed by atoms with Crippen LogP contribution in [-0.2, 0) is 30.3 Å². The van der Waals surface area contributed by atoms with E-state index in [0.717, 1.165) is 24.5 Å². The van der Waals surface area contributed by atoms with Crippen molar-refractivity contribution < 1.29 is 34.4 Å². The first kappa shape index (κ1) is 24.2. The van der Waals surface area contributed by atoms with Crippen LogP contribution in [-0.4, -0.2) is 73.0 Å². The second-order valence-corrected chi connectivity index (χ2v) is 11.8. The van der Waals surface area contributed by atoms with E-state index in [-0.39, 0.29) is 36.7 Å². The van der Waals surface area contributed by atoms with Gasteiger partial charge in [0.2, 0.25) is 21.9 Å². The largest absolute Gasteiger partial charge is 0.368 e. The summed E-state index contributed by atoms with van der Waals surface area (Å²) < 4.78 is 89.5. The maximum absolute atomic E-state index is 11.7. The molecule has 2 aromatic rings. The molecule has 0 atom stereocenters. The van der Waals surface area contributed by atoms with Gasteiger partial charge in [0.25, 0.3) is 20.2 Å². The Kier molecular flexibility index (Phi) is 6.42. The van der Waals surface area contributed by atoms with Crippen LogP contribution in [0.3, 0.4) is 0 Å². The molecule has 1 aliphatic heterocycles. The van der Waals surface area contributed by atoms with Crippen molar-refractivity contribution in [3.63, 3.8) is 0 Å². The molecule has 0 bridgehead atoms. The van der Waals surface area contributed by atoms with Crippen LogP contribution in [0.15, 0.2) is 28.0 Å².